The maximum Gasteiger partial charge on any atom is 0.332 e. The predicted octanol–water partition coefficient (Wildman–Crippen LogP) is 2.70. The summed E-state index contributed by atoms with van der Waals surface area (Å²) >= 11 is 0. The van der Waals surface area contributed by atoms with E-state index in [0.29, 0.717) is 30.0 Å². The van der Waals surface area contributed by atoms with E-state index in [4.69, 9.17) is 34.8 Å². The Bertz CT molecular complexity index is 1850. The number of Topliss-reactive ketones (excluding diaryl/α,β-unsaturated/α-hetero) is 1. The van der Waals surface area contributed by atoms with E-state index in [0.717, 1.165) is 5.56 Å². The fourth-order valence-corrected chi connectivity index (χ4v) is 5.47. The van der Waals surface area contributed by atoms with E-state index in [1.807, 2.05) is 18.2 Å². The zero-order valence-corrected chi connectivity index (χ0v) is 35.0. The van der Waals surface area contributed by atoms with Gasteiger partial charge in [0.05, 0.1) is 46.2 Å². The van der Waals surface area contributed by atoms with E-state index in [2.05, 4.69) is 21.3 Å². The summed E-state index contributed by atoms with van der Waals surface area (Å²) in [4.78, 5) is 77.9. The van der Waals surface area contributed by atoms with Gasteiger partial charge < -0.3 is 50.7 Å². The average molecular weight is 847 g/mol. The number of ether oxygens (including phenoxy) is 5. The van der Waals surface area contributed by atoms with Gasteiger partial charge in [0.2, 0.25) is 23.6 Å². The molecule has 0 radical (unpaired) electrons. The van der Waals surface area contributed by atoms with Crippen LogP contribution >= 0.6 is 0 Å². The van der Waals surface area contributed by atoms with Gasteiger partial charge in [0, 0.05) is 49.0 Å². The number of carbonyl (C=O) groups is 6. The van der Waals surface area contributed by atoms with E-state index < -0.39 is 59.5 Å². The molecule has 3 aromatic rings. The SMILES string of the molecule is CC(C)(C)OC(=O)COCCOCCOCCOCCNC(=O)[C@H](Cc1ccccc1)NC(=O)[C@H](CC(=O)c1ccccc1)NC(=O)CCC(=O)Nc1ccc(C(=N)N)cc1. The number of carbonyl (C=O) groups excluding carboxylic acids is 6. The normalized spacial score (nSPS) is 12.0. The van der Waals surface area contributed by atoms with Crippen molar-refractivity contribution in [3.8, 4) is 0 Å². The third kappa shape index (κ3) is 21.2. The van der Waals surface area contributed by atoms with Gasteiger partial charge in [0.15, 0.2) is 5.78 Å². The van der Waals surface area contributed by atoms with Crippen LogP contribution in [0.3, 0.4) is 0 Å². The molecule has 2 atom stereocenters. The van der Waals surface area contributed by atoms with Gasteiger partial charge in [0.1, 0.15) is 30.1 Å². The molecule has 0 spiro atoms. The smallest absolute Gasteiger partial charge is 0.332 e. The van der Waals surface area contributed by atoms with E-state index >= 15 is 0 Å². The Morgan fingerprint density at radius 3 is 1.79 bits per heavy atom. The van der Waals surface area contributed by atoms with Crippen molar-refractivity contribution in [2.24, 2.45) is 5.73 Å². The summed E-state index contributed by atoms with van der Waals surface area (Å²) in [6.07, 6.45) is -0.797. The summed E-state index contributed by atoms with van der Waals surface area (Å²) in [6, 6.07) is 21.2. The molecule has 3 aromatic carbocycles. The number of amidine groups is 1. The summed E-state index contributed by atoms with van der Waals surface area (Å²) in [5.74, 6) is -3.34. The number of benzene rings is 3. The van der Waals surface area contributed by atoms with Gasteiger partial charge in [-0.15, -0.1) is 0 Å². The van der Waals surface area contributed by atoms with E-state index in [-0.39, 0.29) is 71.3 Å². The number of rotatable bonds is 28. The van der Waals surface area contributed by atoms with E-state index in [1.54, 1.807) is 87.5 Å². The second-order valence-electron chi connectivity index (χ2n) is 14.7. The van der Waals surface area contributed by atoms with Gasteiger partial charge in [-0.25, -0.2) is 4.79 Å². The highest BCUT2D eigenvalue weighted by Crippen LogP contribution is 2.12. The molecule has 0 aliphatic heterocycles. The van der Waals surface area contributed by atoms with Crippen LogP contribution in [-0.4, -0.2) is 118 Å². The first kappa shape index (κ1) is 49.4. The molecule has 0 saturated carbocycles. The van der Waals surface area contributed by atoms with Crippen LogP contribution in [0.2, 0.25) is 0 Å². The Morgan fingerprint density at radius 2 is 1.20 bits per heavy atom. The van der Waals surface area contributed by atoms with Crippen molar-refractivity contribution in [3.05, 3.63) is 102 Å². The van der Waals surface area contributed by atoms with Crippen LogP contribution < -0.4 is 27.0 Å². The van der Waals surface area contributed by atoms with Crippen molar-refractivity contribution >= 4 is 46.9 Å². The molecule has 0 bridgehead atoms. The zero-order valence-electron chi connectivity index (χ0n) is 35.0. The zero-order chi connectivity index (χ0) is 44.5. The topological polar surface area (TPSA) is 247 Å². The summed E-state index contributed by atoms with van der Waals surface area (Å²) in [5, 5.41) is 18.3. The number of ketones is 1. The average Bonchev–Trinajstić information content (AvgIpc) is 3.22. The molecule has 3 rings (SSSR count). The molecule has 330 valence electrons. The molecule has 61 heavy (non-hydrogen) atoms. The number of amides is 4. The number of hydrogen-bond acceptors (Lipinski definition) is 12. The van der Waals surface area contributed by atoms with Crippen molar-refractivity contribution in [3.63, 3.8) is 0 Å². The number of hydrogen-bond donors (Lipinski definition) is 6. The Labute approximate surface area is 356 Å². The molecule has 0 heterocycles. The molecular weight excluding hydrogens is 789 g/mol. The summed E-state index contributed by atoms with van der Waals surface area (Å²) in [5.41, 5.74) is 6.94. The molecule has 4 amide bonds. The van der Waals surface area contributed by atoms with E-state index in [9.17, 15) is 28.8 Å². The third-order valence-electron chi connectivity index (χ3n) is 8.41. The monoisotopic (exact) mass is 846 g/mol. The standard InChI is InChI=1S/C44H58N6O11/c1-44(2,3)61-40(54)30-60-27-26-59-25-24-58-23-22-57-21-20-47-42(55)35(28-31-10-6-4-7-11-31)50-43(56)36(29-37(51)32-12-8-5-9-13-32)49-39(53)19-18-38(52)48-34-16-14-33(15-17-34)41(45)46/h4-17,35-36H,18-30H2,1-3H3,(H3,45,46)(H,47,55)(H,48,52)(H,49,53)(H,50,56)/t35-,36-/m0/s1. The highest BCUT2D eigenvalue weighted by atomic mass is 16.6. The van der Waals surface area contributed by atoms with Crippen LogP contribution in [-0.2, 0) is 54.1 Å². The van der Waals surface area contributed by atoms with Crippen LogP contribution in [0.4, 0.5) is 5.69 Å². The summed E-state index contributed by atoms with van der Waals surface area (Å²) < 4.78 is 26.9. The fourth-order valence-electron chi connectivity index (χ4n) is 5.47. The molecule has 0 aliphatic carbocycles. The molecule has 17 nitrogen and oxygen atoms in total. The first-order valence-electron chi connectivity index (χ1n) is 20.0. The number of anilines is 1. The number of nitrogens with two attached hydrogens (primary N) is 1. The second-order valence-corrected chi connectivity index (χ2v) is 14.7. The third-order valence-corrected chi connectivity index (χ3v) is 8.41. The van der Waals surface area contributed by atoms with Crippen molar-refractivity contribution < 1.29 is 52.5 Å². The molecular formula is C44H58N6O11. The number of nitrogens with one attached hydrogen (secondary N) is 5. The van der Waals surface area contributed by atoms with Crippen molar-refractivity contribution in [2.75, 3.05) is 64.7 Å². The summed E-state index contributed by atoms with van der Waals surface area (Å²) in [7, 11) is 0. The number of nitrogen functional groups attached to an aromatic ring is 1. The number of esters is 1. The highest BCUT2D eigenvalue weighted by molar-refractivity contribution is 6.02. The van der Waals surface area contributed by atoms with Crippen molar-refractivity contribution in [1.29, 1.82) is 5.41 Å². The lowest BCUT2D eigenvalue weighted by molar-refractivity contribution is -0.160. The highest BCUT2D eigenvalue weighted by Gasteiger charge is 2.29. The fraction of sp³-hybridized carbons (Fsp3) is 0.432. The van der Waals surface area contributed by atoms with Gasteiger partial charge >= 0.3 is 5.97 Å². The Kier molecular flexibility index (Phi) is 21.8. The first-order chi connectivity index (χ1) is 29.2. The lowest BCUT2D eigenvalue weighted by Gasteiger charge is -2.23. The molecule has 0 saturated heterocycles. The van der Waals surface area contributed by atoms with Crippen LogP contribution in [0.1, 0.15) is 61.5 Å². The molecule has 0 unspecified atom stereocenters. The molecule has 7 N–H and O–H groups in total. The quantitative estimate of drug-likeness (QED) is 0.0203. The minimum Gasteiger partial charge on any atom is -0.458 e. The van der Waals surface area contributed by atoms with E-state index in [1.165, 1.54) is 0 Å². The van der Waals surface area contributed by atoms with Gasteiger partial charge in [-0.1, -0.05) is 60.7 Å². The van der Waals surface area contributed by atoms with Crippen LogP contribution in [0.5, 0.6) is 0 Å². The van der Waals surface area contributed by atoms with Crippen LogP contribution in [0, 0.1) is 5.41 Å². The first-order valence-corrected chi connectivity index (χ1v) is 20.0. The van der Waals surface area contributed by atoms with Crippen molar-refractivity contribution in [2.45, 2.75) is 64.1 Å². The van der Waals surface area contributed by atoms with Crippen LogP contribution in [0.15, 0.2) is 84.9 Å². The maximum atomic E-state index is 13.8. The molecule has 0 aromatic heterocycles. The van der Waals surface area contributed by atoms with Gasteiger partial charge in [-0.2, -0.15) is 0 Å². The predicted molar refractivity (Wildman–Crippen MR) is 227 cm³/mol. The Hall–Kier alpha value is -6.01. The largest absolute Gasteiger partial charge is 0.458 e. The molecule has 0 fully saturated rings. The Balaban J connectivity index is 1.48. The van der Waals surface area contributed by atoms with Gasteiger partial charge in [-0.3, -0.25) is 29.4 Å². The minimum absolute atomic E-state index is 0.117. The minimum atomic E-state index is -1.36. The van der Waals surface area contributed by atoms with Crippen LogP contribution in [0.25, 0.3) is 0 Å². The lowest BCUT2D eigenvalue weighted by atomic mass is 10.0. The lowest BCUT2D eigenvalue weighted by Crippen LogP contribution is -2.55. The molecule has 17 heteroatoms. The molecule has 0 aliphatic rings. The maximum absolute atomic E-state index is 13.8. The summed E-state index contributed by atoms with van der Waals surface area (Å²) in [6.45, 7) is 7.19. The van der Waals surface area contributed by atoms with Crippen molar-refractivity contribution in [1.82, 2.24) is 16.0 Å². The van der Waals surface area contributed by atoms with Gasteiger partial charge in [-0.05, 0) is 50.6 Å². The van der Waals surface area contributed by atoms with Gasteiger partial charge in [0.25, 0.3) is 0 Å². The Morgan fingerprint density at radius 1 is 0.639 bits per heavy atom. The second kappa shape index (κ2) is 27.0.